The number of nitrogens with two attached hydrogens (primary N) is 1. The van der Waals surface area contributed by atoms with E-state index in [1.54, 1.807) is 39.0 Å². The maximum absolute atomic E-state index is 14.9. The van der Waals surface area contributed by atoms with Gasteiger partial charge in [-0.05, 0) is 58.2 Å². The van der Waals surface area contributed by atoms with E-state index in [2.05, 4.69) is 42.2 Å². The van der Waals surface area contributed by atoms with Crippen LogP contribution >= 0.6 is 0 Å². The molecule has 0 spiro atoms. The Hall–Kier alpha value is -4.66. The van der Waals surface area contributed by atoms with Crippen molar-refractivity contribution in [1.29, 1.82) is 0 Å². The number of phenols is 1. The molecule has 1 atom stereocenters. The highest BCUT2D eigenvalue weighted by Crippen LogP contribution is 2.32. The van der Waals surface area contributed by atoms with Crippen molar-refractivity contribution in [2.24, 2.45) is 0 Å². The van der Waals surface area contributed by atoms with Crippen LogP contribution in [-0.4, -0.2) is 69.2 Å². The van der Waals surface area contributed by atoms with Crippen LogP contribution in [0.4, 0.5) is 26.5 Å². The molecule has 12 heteroatoms. The third kappa shape index (κ3) is 7.05. The first-order valence-electron chi connectivity index (χ1n) is 12.9. The largest absolute Gasteiger partial charge is 0.507 e. The molecule has 0 aliphatic carbocycles. The summed E-state index contributed by atoms with van der Waals surface area (Å²) in [7, 11) is 0. The average Bonchev–Trinajstić information content (AvgIpc) is 3.08. The molecule has 40 heavy (non-hydrogen) atoms. The zero-order valence-corrected chi connectivity index (χ0v) is 23.0. The quantitative estimate of drug-likeness (QED) is 0.416. The minimum Gasteiger partial charge on any atom is -0.507 e. The van der Waals surface area contributed by atoms with Crippen molar-refractivity contribution in [3.8, 4) is 28.8 Å². The van der Waals surface area contributed by atoms with Crippen LogP contribution in [-0.2, 0) is 4.74 Å². The number of para-hydroxylation sites is 1. The molecule has 0 radical (unpaired) electrons. The Morgan fingerprint density at radius 2 is 2.02 bits per heavy atom. The van der Waals surface area contributed by atoms with E-state index < -0.39 is 17.5 Å². The highest BCUT2D eigenvalue weighted by atomic mass is 19.1. The van der Waals surface area contributed by atoms with Gasteiger partial charge in [-0.3, -0.25) is 0 Å². The first kappa shape index (κ1) is 28.4. The molecule has 3 heterocycles. The van der Waals surface area contributed by atoms with E-state index in [-0.39, 0.29) is 35.8 Å². The Morgan fingerprint density at radius 3 is 2.77 bits per heavy atom. The summed E-state index contributed by atoms with van der Waals surface area (Å²) in [6.45, 7) is 8.96. The first-order chi connectivity index (χ1) is 19.0. The molecule has 1 saturated heterocycles. The summed E-state index contributed by atoms with van der Waals surface area (Å²) < 4.78 is 20.1. The van der Waals surface area contributed by atoms with Crippen LogP contribution in [0.15, 0.2) is 36.5 Å². The van der Waals surface area contributed by atoms with Gasteiger partial charge < -0.3 is 30.7 Å². The van der Waals surface area contributed by atoms with E-state index in [0.29, 0.717) is 43.0 Å². The number of nitrogen functional groups attached to an aromatic ring is 1. The molecule has 1 aliphatic heterocycles. The Balaban J connectivity index is 1.48. The number of hydrogen-bond donors (Lipinski definition) is 3. The van der Waals surface area contributed by atoms with Crippen molar-refractivity contribution in [3.63, 3.8) is 0 Å². The molecule has 0 bridgehead atoms. The van der Waals surface area contributed by atoms with Gasteiger partial charge in [0.1, 0.15) is 11.4 Å². The Bertz CT molecular complexity index is 1430. The lowest BCUT2D eigenvalue weighted by molar-refractivity contribution is 0.0535. The molecule has 210 valence electrons. The molecular weight excluding hydrogens is 515 g/mol. The molecule has 2 aromatic heterocycles. The van der Waals surface area contributed by atoms with Gasteiger partial charge in [-0.1, -0.05) is 18.1 Å². The normalized spacial score (nSPS) is 15.6. The molecule has 3 aromatic rings. The summed E-state index contributed by atoms with van der Waals surface area (Å²) in [5.41, 5.74) is 7.33. The number of rotatable bonds is 4. The number of nitrogens with one attached hydrogen (secondary N) is 1. The number of ether oxygens (including phenoxy) is 1. The van der Waals surface area contributed by atoms with Gasteiger partial charge in [-0.15, -0.1) is 10.2 Å². The van der Waals surface area contributed by atoms with Crippen LogP contribution in [0.1, 0.15) is 39.9 Å². The Morgan fingerprint density at radius 1 is 1.25 bits per heavy atom. The smallest absolute Gasteiger partial charge is 0.408 e. The minimum atomic E-state index is -0.612. The van der Waals surface area contributed by atoms with Gasteiger partial charge in [0.05, 0.1) is 24.1 Å². The lowest BCUT2D eigenvalue weighted by atomic mass is 10.1. The zero-order valence-electron chi connectivity index (χ0n) is 23.0. The molecule has 4 rings (SSSR count). The van der Waals surface area contributed by atoms with E-state index in [0.717, 1.165) is 6.20 Å². The van der Waals surface area contributed by atoms with E-state index in [9.17, 15) is 14.3 Å². The summed E-state index contributed by atoms with van der Waals surface area (Å²) in [4.78, 5) is 24.1. The van der Waals surface area contributed by atoms with Crippen molar-refractivity contribution in [2.45, 2.75) is 45.8 Å². The Kier molecular flexibility index (Phi) is 8.52. The predicted octanol–water partition coefficient (Wildman–Crippen LogP) is 3.34. The molecule has 1 aliphatic rings. The third-order valence-electron chi connectivity index (χ3n) is 6.20. The fourth-order valence-corrected chi connectivity index (χ4v) is 4.25. The lowest BCUT2D eigenvalue weighted by Crippen LogP contribution is -2.36. The summed E-state index contributed by atoms with van der Waals surface area (Å²) in [5, 5.41) is 21.1. The number of hydrogen-bond acceptors (Lipinski definition) is 10. The maximum Gasteiger partial charge on any atom is 0.408 e. The molecule has 0 saturated carbocycles. The van der Waals surface area contributed by atoms with Crippen LogP contribution in [0.3, 0.4) is 0 Å². The number of carbonyl (C=O) groups excluding carboxylic acids is 1. The summed E-state index contributed by atoms with van der Waals surface area (Å²) in [6.07, 6.45) is 1.22. The fraction of sp³-hybridized carbons (Fsp3) is 0.393. The molecule has 4 N–H and O–H groups in total. The van der Waals surface area contributed by atoms with Crippen LogP contribution in [0.2, 0.25) is 0 Å². The zero-order chi connectivity index (χ0) is 28.9. The van der Waals surface area contributed by atoms with Crippen molar-refractivity contribution < 1.29 is 19.0 Å². The summed E-state index contributed by atoms with van der Waals surface area (Å²) in [6, 6.07) is 8.66. The number of phenolic OH excluding ortho intramolecular Hbond substituents is 1. The number of carbonyl (C=O) groups is 1. The maximum atomic E-state index is 14.9. The number of aromatic hydroxyl groups is 1. The molecule has 11 nitrogen and oxygen atoms in total. The van der Waals surface area contributed by atoms with Crippen LogP contribution < -0.4 is 20.9 Å². The summed E-state index contributed by atoms with van der Waals surface area (Å²) in [5.74, 6) is 5.66. The topological polar surface area (TPSA) is 143 Å². The standard InChI is InChI=1S/C28H33FN8O3/c1-18-11-13-36(22-16-21(34-35-25(22)30)19-8-5-6-9-23(19)38)14-15-37(18)26-20(29)17-32-24(33-26)10-7-12-31-27(39)40-28(2,3)4/h5-6,8-9,16-18,38H,11-15H2,1-4H3,(H2,30,35)(H,31,39). The van der Waals surface area contributed by atoms with Gasteiger partial charge in [-0.2, -0.15) is 0 Å². The molecule has 1 unspecified atom stereocenters. The van der Waals surface area contributed by atoms with Crippen molar-refractivity contribution in [1.82, 2.24) is 25.5 Å². The predicted molar refractivity (Wildman–Crippen MR) is 150 cm³/mol. The van der Waals surface area contributed by atoms with E-state index >= 15 is 0 Å². The number of aromatic nitrogens is 4. The molecule has 1 amide bonds. The van der Waals surface area contributed by atoms with Crippen LogP contribution in [0.25, 0.3) is 11.3 Å². The monoisotopic (exact) mass is 548 g/mol. The van der Waals surface area contributed by atoms with Crippen LogP contribution in [0, 0.1) is 17.7 Å². The van der Waals surface area contributed by atoms with E-state index in [1.807, 2.05) is 24.0 Å². The SMILES string of the molecule is CC1CCN(c2cc(-c3ccccc3O)nnc2N)CCN1c1nc(C#CCNC(=O)OC(C)(C)C)ncc1F. The van der Waals surface area contributed by atoms with Gasteiger partial charge in [0.2, 0.25) is 5.82 Å². The van der Waals surface area contributed by atoms with Gasteiger partial charge in [0, 0.05) is 31.2 Å². The number of alkyl carbamates (subject to hydrolysis) is 1. The number of amides is 1. The Labute approximate surface area is 232 Å². The van der Waals surface area contributed by atoms with Crippen molar-refractivity contribution in [3.05, 3.63) is 48.2 Å². The second-order valence-electron chi connectivity index (χ2n) is 10.4. The molecule has 1 aromatic carbocycles. The molecule has 1 fully saturated rings. The highest BCUT2D eigenvalue weighted by molar-refractivity contribution is 5.74. The minimum absolute atomic E-state index is 0.0319. The van der Waals surface area contributed by atoms with Gasteiger partial charge in [-0.25, -0.2) is 19.2 Å². The number of nitrogens with zero attached hydrogens (tertiary/aromatic N) is 6. The first-order valence-corrected chi connectivity index (χ1v) is 12.9. The number of anilines is 3. The molecular formula is C28H33FN8O3. The van der Waals surface area contributed by atoms with Gasteiger partial charge in [0.25, 0.3) is 0 Å². The number of halogens is 1. The second-order valence-corrected chi connectivity index (χ2v) is 10.4. The van der Waals surface area contributed by atoms with E-state index in [1.165, 1.54) is 0 Å². The third-order valence-corrected chi connectivity index (χ3v) is 6.20. The van der Waals surface area contributed by atoms with Gasteiger partial charge in [0.15, 0.2) is 17.5 Å². The lowest BCUT2D eigenvalue weighted by Gasteiger charge is -2.28. The van der Waals surface area contributed by atoms with Crippen LogP contribution in [0.5, 0.6) is 5.75 Å². The summed E-state index contributed by atoms with van der Waals surface area (Å²) >= 11 is 0. The van der Waals surface area contributed by atoms with E-state index in [4.69, 9.17) is 10.5 Å². The average molecular weight is 549 g/mol. The van der Waals surface area contributed by atoms with Gasteiger partial charge >= 0.3 is 6.09 Å². The van der Waals surface area contributed by atoms with Crippen molar-refractivity contribution in [2.75, 3.05) is 41.7 Å². The fourth-order valence-electron chi connectivity index (χ4n) is 4.25. The number of benzene rings is 1. The second kappa shape index (κ2) is 12.0. The van der Waals surface area contributed by atoms with Crippen molar-refractivity contribution >= 4 is 23.4 Å². The highest BCUT2D eigenvalue weighted by Gasteiger charge is 2.26.